The molecular weight excluding hydrogens is 311 g/mol. The van der Waals surface area contributed by atoms with Gasteiger partial charge in [0.1, 0.15) is 5.82 Å². The largest absolute Gasteiger partial charge is 0.481 e. The van der Waals surface area contributed by atoms with Crippen LogP contribution < -0.4 is 5.32 Å². The van der Waals surface area contributed by atoms with Crippen molar-refractivity contribution in [2.45, 2.75) is 40.2 Å². The first-order valence-corrected chi connectivity index (χ1v) is 7.70. The van der Waals surface area contributed by atoms with Gasteiger partial charge < -0.3 is 15.0 Å². The standard InChI is InChI=1S/C18H21FN2O3/c1-10(2)21-11(3)7-15(12(21)4)18(24)20-14-6-5-13(8-17(22)23)16(19)9-14/h5-7,9-10H,8H2,1-4H3,(H,20,24)(H,22,23). The van der Waals surface area contributed by atoms with Crippen LogP contribution in [0.1, 0.15) is 47.2 Å². The van der Waals surface area contributed by atoms with Crippen molar-refractivity contribution < 1.29 is 19.1 Å². The van der Waals surface area contributed by atoms with Crippen molar-refractivity contribution in [2.75, 3.05) is 5.32 Å². The van der Waals surface area contributed by atoms with Gasteiger partial charge in [-0.2, -0.15) is 0 Å². The third-order valence-electron chi connectivity index (χ3n) is 3.90. The maximum absolute atomic E-state index is 13.9. The second-order valence-corrected chi connectivity index (χ2v) is 6.08. The predicted molar refractivity (Wildman–Crippen MR) is 90.0 cm³/mol. The summed E-state index contributed by atoms with van der Waals surface area (Å²) in [5.41, 5.74) is 2.74. The molecular formula is C18H21FN2O3. The van der Waals surface area contributed by atoms with Gasteiger partial charge in [0.25, 0.3) is 5.91 Å². The van der Waals surface area contributed by atoms with E-state index in [0.29, 0.717) is 11.3 Å². The van der Waals surface area contributed by atoms with Gasteiger partial charge in [-0.1, -0.05) is 6.07 Å². The molecule has 0 saturated carbocycles. The number of carboxylic acids is 1. The number of nitrogens with one attached hydrogen (secondary N) is 1. The molecule has 24 heavy (non-hydrogen) atoms. The number of carbonyl (C=O) groups excluding carboxylic acids is 1. The van der Waals surface area contributed by atoms with E-state index in [-0.39, 0.29) is 17.5 Å². The molecule has 2 rings (SSSR count). The van der Waals surface area contributed by atoms with E-state index in [1.54, 1.807) is 6.07 Å². The van der Waals surface area contributed by atoms with E-state index in [4.69, 9.17) is 5.11 Å². The highest BCUT2D eigenvalue weighted by Gasteiger charge is 2.17. The summed E-state index contributed by atoms with van der Waals surface area (Å²) in [6, 6.07) is 6.05. The minimum atomic E-state index is -1.10. The van der Waals surface area contributed by atoms with Gasteiger partial charge in [-0.3, -0.25) is 9.59 Å². The van der Waals surface area contributed by atoms with Crippen LogP contribution in [-0.4, -0.2) is 21.6 Å². The molecule has 6 heteroatoms. The summed E-state index contributed by atoms with van der Waals surface area (Å²) < 4.78 is 16.0. The summed E-state index contributed by atoms with van der Waals surface area (Å²) in [4.78, 5) is 23.1. The lowest BCUT2D eigenvalue weighted by atomic mass is 10.1. The monoisotopic (exact) mass is 332 g/mol. The molecule has 0 atom stereocenters. The van der Waals surface area contributed by atoms with Gasteiger partial charge in [0.15, 0.2) is 0 Å². The van der Waals surface area contributed by atoms with E-state index in [1.165, 1.54) is 12.1 Å². The Kier molecular flexibility index (Phi) is 5.07. The van der Waals surface area contributed by atoms with Crippen molar-refractivity contribution >= 4 is 17.6 Å². The molecule has 1 heterocycles. The molecule has 0 saturated heterocycles. The van der Waals surface area contributed by atoms with Gasteiger partial charge in [0.2, 0.25) is 0 Å². The zero-order valence-corrected chi connectivity index (χ0v) is 14.2. The molecule has 128 valence electrons. The van der Waals surface area contributed by atoms with Gasteiger partial charge in [0, 0.05) is 23.1 Å². The van der Waals surface area contributed by atoms with Crippen LogP contribution in [0.25, 0.3) is 0 Å². The zero-order valence-electron chi connectivity index (χ0n) is 14.2. The highest BCUT2D eigenvalue weighted by atomic mass is 19.1. The molecule has 0 unspecified atom stereocenters. The molecule has 2 aromatic rings. The number of halogens is 1. The molecule has 0 bridgehead atoms. The fraction of sp³-hybridized carbons (Fsp3) is 0.333. The first-order valence-electron chi connectivity index (χ1n) is 7.70. The molecule has 1 aromatic carbocycles. The molecule has 0 spiro atoms. The van der Waals surface area contributed by atoms with Crippen molar-refractivity contribution in [1.82, 2.24) is 4.57 Å². The SMILES string of the molecule is Cc1cc(C(=O)Nc2ccc(CC(=O)O)c(F)c2)c(C)n1C(C)C. The maximum atomic E-state index is 13.9. The molecule has 0 aliphatic heterocycles. The lowest BCUT2D eigenvalue weighted by molar-refractivity contribution is -0.136. The number of amides is 1. The second kappa shape index (κ2) is 6.86. The van der Waals surface area contributed by atoms with E-state index >= 15 is 0 Å². The molecule has 2 N–H and O–H groups in total. The van der Waals surface area contributed by atoms with Crippen molar-refractivity contribution in [3.63, 3.8) is 0 Å². The minimum absolute atomic E-state index is 0.0819. The van der Waals surface area contributed by atoms with Gasteiger partial charge in [-0.25, -0.2) is 4.39 Å². The Morgan fingerprint density at radius 3 is 2.42 bits per heavy atom. The van der Waals surface area contributed by atoms with Crippen LogP contribution >= 0.6 is 0 Å². The van der Waals surface area contributed by atoms with Crippen molar-refractivity contribution in [3.05, 3.63) is 52.6 Å². The molecule has 0 radical (unpaired) electrons. The number of rotatable bonds is 5. The Hall–Kier alpha value is -2.63. The summed E-state index contributed by atoms with van der Waals surface area (Å²) in [5.74, 6) is -2.07. The van der Waals surface area contributed by atoms with Crippen LogP contribution in [0.15, 0.2) is 24.3 Å². The van der Waals surface area contributed by atoms with Crippen LogP contribution in [0.4, 0.5) is 10.1 Å². The molecule has 0 aliphatic carbocycles. The molecule has 5 nitrogen and oxygen atoms in total. The summed E-state index contributed by atoms with van der Waals surface area (Å²) >= 11 is 0. The number of hydrogen-bond acceptors (Lipinski definition) is 2. The number of aliphatic carboxylic acids is 1. The number of nitrogens with zero attached hydrogens (tertiary/aromatic N) is 1. The van der Waals surface area contributed by atoms with Gasteiger partial charge in [0.05, 0.1) is 12.0 Å². The first-order chi connectivity index (χ1) is 11.2. The average molecular weight is 332 g/mol. The smallest absolute Gasteiger partial charge is 0.307 e. The Bertz CT molecular complexity index is 794. The van der Waals surface area contributed by atoms with Crippen molar-refractivity contribution in [1.29, 1.82) is 0 Å². The maximum Gasteiger partial charge on any atom is 0.307 e. The summed E-state index contributed by atoms with van der Waals surface area (Å²) in [7, 11) is 0. The first kappa shape index (κ1) is 17.7. The predicted octanol–water partition coefficient (Wildman–Crippen LogP) is 3.70. The third kappa shape index (κ3) is 3.64. The quantitative estimate of drug-likeness (QED) is 0.877. The van der Waals surface area contributed by atoms with Crippen LogP contribution in [0.2, 0.25) is 0 Å². The molecule has 0 fully saturated rings. The van der Waals surface area contributed by atoms with E-state index in [2.05, 4.69) is 9.88 Å². The van der Waals surface area contributed by atoms with E-state index in [9.17, 15) is 14.0 Å². The van der Waals surface area contributed by atoms with Crippen LogP contribution in [0.5, 0.6) is 0 Å². The number of carboxylic acid groups (broad SMARTS) is 1. The summed E-state index contributed by atoms with van der Waals surface area (Å²) in [6.45, 7) is 7.89. The van der Waals surface area contributed by atoms with E-state index in [1.807, 2.05) is 27.7 Å². The molecule has 1 amide bonds. The van der Waals surface area contributed by atoms with E-state index < -0.39 is 18.2 Å². The number of aromatic nitrogens is 1. The highest BCUT2D eigenvalue weighted by molar-refractivity contribution is 6.05. The lowest BCUT2D eigenvalue weighted by Gasteiger charge is -2.13. The second-order valence-electron chi connectivity index (χ2n) is 6.08. The van der Waals surface area contributed by atoms with Gasteiger partial charge >= 0.3 is 5.97 Å². The van der Waals surface area contributed by atoms with Crippen molar-refractivity contribution in [3.8, 4) is 0 Å². The Balaban J connectivity index is 2.23. The van der Waals surface area contributed by atoms with Crippen LogP contribution in [-0.2, 0) is 11.2 Å². The normalized spacial score (nSPS) is 10.9. The number of anilines is 1. The molecule has 0 aliphatic rings. The minimum Gasteiger partial charge on any atom is -0.481 e. The Labute approximate surface area is 140 Å². The zero-order chi connectivity index (χ0) is 18.0. The lowest BCUT2D eigenvalue weighted by Crippen LogP contribution is -2.14. The topological polar surface area (TPSA) is 71.3 Å². The van der Waals surface area contributed by atoms with Gasteiger partial charge in [-0.05, 0) is 51.5 Å². The van der Waals surface area contributed by atoms with E-state index in [0.717, 1.165) is 17.5 Å². The van der Waals surface area contributed by atoms with Crippen LogP contribution in [0.3, 0.4) is 0 Å². The summed E-state index contributed by atoms with van der Waals surface area (Å²) in [6.07, 6.45) is -0.393. The Morgan fingerprint density at radius 1 is 1.25 bits per heavy atom. The fourth-order valence-electron chi connectivity index (χ4n) is 2.93. The number of benzene rings is 1. The summed E-state index contributed by atoms with van der Waals surface area (Å²) in [5, 5.41) is 11.4. The van der Waals surface area contributed by atoms with Crippen molar-refractivity contribution in [2.24, 2.45) is 0 Å². The average Bonchev–Trinajstić information content (AvgIpc) is 2.76. The number of aryl methyl sites for hydroxylation is 1. The molecule has 1 aromatic heterocycles. The van der Waals surface area contributed by atoms with Crippen LogP contribution in [0, 0.1) is 19.7 Å². The number of hydrogen-bond donors (Lipinski definition) is 2. The van der Waals surface area contributed by atoms with Gasteiger partial charge in [-0.15, -0.1) is 0 Å². The number of carbonyl (C=O) groups is 2. The highest BCUT2D eigenvalue weighted by Crippen LogP contribution is 2.22. The fourth-order valence-corrected chi connectivity index (χ4v) is 2.93. The third-order valence-corrected chi connectivity index (χ3v) is 3.90. The Morgan fingerprint density at radius 2 is 1.92 bits per heavy atom.